The van der Waals surface area contributed by atoms with Crippen molar-refractivity contribution in [3.05, 3.63) is 0 Å². The van der Waals surface area contributed by atoms with Crippen LogP contribution in [-0.2, 0) is 14.8 Å². The molecule has 112 valence electrons. The SMILES string of the molecule is CC(C)CNC(=O)NCCS(=O)(=O)N1CCOCC1. The minimum absolute atomic E-state index is 0.0813. The summed E-state index contributed by atoms with van der Waals surface area (Å²) in [4.78, 5) is 11.4. The third-order valence-electron chi connectivity index (χ3n) is 2.68. The van der Waals surface area contributed by atoms with Gasteiger partial charge in [0.05, 0.1) is 19.0 Å². The van der Waals surface area contributed by atoms with Crippen molar-refractivity contribution >= 4 is 16.1 Å². The molecule has 2 amide bonds. The summed E-state index contributed by atoms with van der Waals surface area (Å²) in [6, 6.07) is -0.328. The zero-order valence-corrected chi connectivity index (χ0v) is 12.3. The van der Waals surface area contributed by atoms with Gasteiger partial charge in [-0.25, -0.2) is 13.2 Å². The third-order valence-corrected chi connectivity index (χ3v) is 4.55. The predicted molar refractivity (Wildman–Crippen MR) is 72.4 cm³/mol. The molecular formula is C11H23N3O4S. The Kier molecular flexibility index (Phi) is 6.53. The average molecular weight is 293 g/mol. The summed E-state index contributed by atoms with van der Waals surface area (Å²) >= 11 is 0. The topological polar surface area (TPSA) is 87.7 Å². The van der Waals surface area contributed by atoms with Gasteiger partial charge in [-0.3, -0.25) is 0 Å². The van der Waals surface area contributed by atoms with E-state index in [0.717, 1.165) is 0 Å². The van der Waals surface area contributed by atoms with E-state index in [1.54, 1.807) is 0 Å². The van der Waals surface area contributed by atoms with Crippen molar-refractivity contribution in [2.45, 2.75) is 13.8 Å². The maximum absolute atomic E-state index is 11.9. The van der Waals surface area contributed by atoms with Gasteiger partial charge in [-0.15, -0.1) is 0 Å². The molecule has 8 heteroatoms. The molecule has 2 N–H and O–H groups in total. The number of carbonyl (C=O) groups excluding carboxylic acids is 1. The van der Waals surface area contributed by atoms with Gasteiger partial charge in [0.25, 0.3) is 0 Å². The van der Waals surface area contributed by atoms with Crippen LogP contribution in [-0.4, -0.2) is 63.9 Å². The van der Waals surface area contributed by atoms with Crippen molar-refractivity contribution in [3.63, 3.8) is 0 Å². The van der Waals surface area contributed by atoms with Crippen LogP contribution in [0.25, 0.3) is 0 Å². The summed E-state index contributed by atoms with van der Waals surface area (Å²) in [6.07, 6.45) is 0. The Hall–Kier alpha value is -0.860. The second-order valence-electron chi connectivity index (χ2n) is 4.86. The van der Waals surface area contributed by atoms with Crippen molar-refractivity contribution in [2.75, 3.05) is 45.1 Å². The van der Waals surface area contributed by atoms with E-state index in [4.69, 9.17) is 4.74 Å². The second kappa shape index (κ2) is 7.66. The fourth-order valence-corrected chi connectivity index (χ4v) is 2.93. The van der Waals surface area contributed by atoms with Gasteiger partial charge in [-0.05, 0) is 5.92 Å². The Morgan fingerprint density at radius 3 is 2.47 bits per heavy atom. The molecule has 0 bridgehead atoms. The molecule has 1 heterocycles. The molecule has 7 nitrogen and oxygen atoms in total. The van der Waals surface area contributed by atoms with E-state index in [0.29, 0.717) is 38.8 Å². The molecule has 0 radical (unpaired) electrons. The molecule has 1 saturated heterocycles. The Labute approximate surface area is 114 Å². The van der Waals surface area contributed by atoms with Gasteiger partial charge >= 0.3 is 6.03 Å². The van der Waals surface area contributed by atoms with E-state index < -0.39 is 10.0 Å². The molecule has 1 fully saturated rings. The molecule has 0 aliphatic carbocycles. The van der Waals surface area contributed by atoms with Gasteiger partial charge in [0.2, 0.25) is 10.0 Å². The van der Waals surface area contributed by atoms with Crippen molar-refractivity contribution in [3.8, 4) is 0 Å². The van der Waals surface area contributed by atoms with E-state index in [1.807, 2.05) is 13.8 Å². The van der Waals surface area contributed by atoms with Gasteiger partial charge < -0.3 is 15.4 Å². The number of nitrogens with one attached hydrogen (secondary N) is 2. The summed E-state index contributed by atoms with van der Waals surface area (Å²) < 4.78 is 30.4. The smallest absolute Gasteiger partial charge is 0.314 e. The number of ether oxygens (including phenoxy) is 1. The molecule has 0 saturated carbocycles. The fourth-order valence-electron chi connectivity index (χ4n) is 1.61. The van der Waals surface area contributed by atoms with Gasteiger partial charge in [0.1, 0.15) is 0 Å². The number of morpholine rings is 1. The monoisotopic (exact) mass is 293 g/mol. The molecule has 1 rings (SSSR count). The normalized spacial score (nSPS) is 17.4. The van der Waals surface area contributed by atoms with Crippen LogP contribution >= 0.6 is 0 Å². The first-order valence-electron chi connectivity index (χ1n) is 6.49. The van der Waals surface area contributed by atoms with Crippen molar-refractivity contribution in [1.29, 1.82) is 0 Å². The molecule has 0 aromatic rings. The number of carbonyl (C=O) groups is 1. The summed E-state index contributed by atoms with van der Waals surface area (Å²) in [5.41, 5.74) is 0. The molecule has 19 heavy (non-hydrogen) atoms. The number of hydrogen-bond acceptors (Lipinski definition) is 4. The zero-order chi connectivity index (χ0) is 14.3. The van der Waals surface area contributed by atoms with E-state index >= 15 is 0 Å². The van der Waals surface area contributed by atoms with E-state index in [-0.39, 0.29) is 18.3 Å². The van der Waals surface area contributed by atoms with Crippen molar-refractivity contribution in [1.82, 2.24) is 14.9 Å². The lowest BCUT2D eigenvalue weighted by molar-refractivity contribution is 0.0730. The quantitative estimate of drug-likeness (QED) is 0.698. The van der Waals surface area contributed by atoms with Crippen LogP contribution in [0.4, 0.5) is 4.79 Å². The van der Waals surface area contributed by atoms with Crippen LogP contribution in [0.2, 0.25) is 0 Å². The molecule has 0 unspecified atom stereocenters. The third kappa shape index (κ3) is 6.22. The van der Waals surface area contributed by atoms with Gasteiger partial charge in [0.15, 0.2) is 0 Å². The highest BCUT2D eigenvalue weighted by Crippen LogP contribution is 2.04. The van der Waals surface area contributed by atoms with E-state index in [9.17, 15) is 13.2 Å². The number of sulfonamides is 1. The maximum Gasteiger partial charge on any atom is 0.314 e. The Morgan fingerprint density at radius 1 is 1.26 bits per heavy atom. The van der Waals surface area contributed by atoms with Gasteiger partial charge in [-0.2, -0.15) is 4.31 Å². The molecular weight excluding hydrogens is 270 g/mol. The first-order valence-corrected chi connectivity index (χ1v) is 8.10. The van der Waals surface area contributed by atoms with Crippen LogP contribution < -0.4 is 10.6 Å². The van der Waals surface area contributed by atoms with Crippen molar-refractivity contribution in [2.24, 2.45) is 5.92 Å². The molecule has 0 aromatic heterocycles. The Morgan fingerprint density at radius 2 is 1.89 bits per heavy atom. The molecule has 0 atom stereocenters. The number of urea groups is 1. The first-order chi connectivity index (χ1) is 8.92. The number of amides is 2. The number of hydrogen-bond donors (Lipinski definition) is 2. The van der Waals surface area contributed by atoms with Crippen LogP contribution in [0, 0.1) is 5.92 Å². The van der Waals surface area contributed by atoms with E-state index in [1.165, 1.54) is 4.31 Å². The van der Waals surface area contributed by atoms with Crippen molar-refractivity contribution < 1.29 is 17.9 Å². The van der Waals surface area contributed by atoms with Crippen LogP contribution in [0.1, 0.15) is 13.8 Å². The highest BCUT2D eigenvalue weighted by molar-refractivity contribution is 7.89. The van der Waals surface area contributed by atoms with Crippen LogP contribution in [0.3, 0.4) is 0 Å². The lowest BCUT2D eigenvalue weighted by Crippen LogP contribution is -2.45. The summed E-state index contributed by atoms with van der Waals surface area (Å²) in [7, 11) is -3.30. The highest BCUT2D eigenvalue weighted by atomic mass is 32.2. The zero-order valence-electron chi connectivity index (χ0n) is 11.5. The summed E-state index contributed by atoms with van der Waals surface area (Å²) in [6.45, 7) is 6.31. The molecule has 1 aliphatic rings. The Balaban J connectivity index is 2.25. The first kappa shape index (κ1) is 16.2. The molecule has 0 spiro atoms. The lowest BCUT2D eigenvalue weighted by Gasteiger charge is -2.26. The van der Waals surface area contributed by atoms with E-state index in [2.05, 4.69) is 10.6 Å². The summed E-state index contributed by atoms with van der Waals surface area (Å²) in [5, 5.41) is 5.22. The Bertz CT molecular complexity index is 377. The highest BCUT2D eigenvalue weighted by Gasteiger charge is 2.23. The largest absolute Gasteiger partial charge is 0.379 e. The fraction of sp³-hybridized carbons (Fsp3) is 0.909. The number of rotatable bonds is 6. The second-order valence-corrected chi connectivity index (χ2v) is 6.95. The van der Waals surface area contributed by atoms with Crippen LogP contribution in [0.5, 0.6) is 0 Å². The molecule has 1 aliphatic heterocycles. The van der Waals surface area contributed by atoms with Gasteiger partial charge in [-0.1, -0.05) is 13.8 Å². The number of nitrogens with zero attached hydrogens (tertiary/aromatic N) is 1. The van der Waals surface area contributed by atoms with Crippen LogP contribution in [0.15, 0.2) is 0 Å². The predicted octanol–water partition coefficient (Wildman–Crippen LogP) is -0.396. The average Bonchev–Trinajstić information content (AvgIpc) is 2.37. The standard InChI is InChI=1S/C11H23N3O4S/c1-10(2)9-13-11(15)12-3-8-19(16,17)14-4-6-18-7-5-14/h10H,3-9H2,1-2H3,(H2,12,13,15). The van der Waals surface area contributed by atoms with Gasteiger partial charge in [0, 0.05) is 26.2 Å². The minimum atomic E-state index is -3.30. The minimum Gasteiger partial charge on any atom is -0.379 e. The maximum atomic E-state index is 11.9. The molecule has 0 aromatic carbocycles. The summed E-state index contributed by atoms with van der Waals surface area (Å²) in [5.74, 6) is 0.282. The lowest BCUT2D eigenvalue weighted by atomic mass is 10.2.